The Morgan fingerprint density at radius 1 is 1.00 bits per heavy atom. The van der Waals surface area contributed by atoms with Crippen molar-refractivity contribution in [2.45, 2.75) is 45.6 Å². The van der Waals surface area contributed by atoms with Crippen molar-refractivity contribution in [1.82, 2.24) is 4.90 Å². The van der Waals surface area contributed by atoms with Gasteiger partial charge in [0.25, 0.3) is 0 Å². The summed E-state index contributed by atoms with van der Waals surface area (Å²) in [5.41, 5.74) is 0.517. The predicted octanol–water partition coefficient (Wildman–Crippen LogP) is 2.87. The molecule has 1 heterocycles. The Morgan fingerprint density at radius 2 is 1.61 bits per heavy atom. The van der Waals surface area contributed by atoms with Crippen LogP contribution in [0.25, 0.3) is 0 Å². The van der Waals surface area contributed by atoms with Crippen molar-refractivity contribution in [3.8, 4) is 0 Å². The molecule has 31 heavy (non-hydrogen) atoms. The van der Waals surface area contributed by atoms with Crippen molar-refractivity contribution in [3.63, 3.8) is 0 Å². The zero-order chi connectivity index (χ0) is 22.7. The fourth-order valence-corrected chi connectivity index (χ4v) is 4.64. The summed E-state index contributed by atoms with van der Waals surface area (Å²) in [5.74, 6) is -1.11. The molecule has 2 amide bonds. The summed E-state index contributed by atoms with van der Waals surface area (Å²) in [6.45, 7) is 4.78. The van der Waals surface area contributed by atoms with Gasteiger partial charge in [0.15, 0.2) is 0 Å². The van der Waals surface area contributed by atoms with E-state index in [1.807, 2.05) is 4.90 Å². The molecule has 1 aromatic rings. The molecule has 0 unspecified atom stereocenters. The number of rotatable bonds is 5. The van der Waals surface area contributed by atoms with Gasteiger partial charge in [-0.15, -0.1) is 0 Å². The maximum Gasteiger partial charge on any atom is 0.337 e. The first-order valence-corrected chi connectivity index (χ1v) is 10.7. The molecule has 168 valence electrons. The van der Waals surface area contributed by atoms with Crippen molar-refractivity contribution in [2.75, 3.05) is 26.1 Å². The average Bonchev–Trinajstić information content (AvgIpc) is 3.15. The number of benzene rings is 1. The van der Waals surface area contributed by atoms with Crippen LogP contribution in [-0.4, -0.2) is 55.5 Å². The zero-order valence-electron chi connectivity index (χ0n) is 18.5. The smallest absolute Gasteiger partial charge is 0.337 e. The summed E-state index contributed by atoms with van der Waals surface area (Å²) in [6, 6.07) is 4.40. The van der Waals surface area contributed by atoms with Gasteiger partial charge in [-0.1, -0.05) is 26.7 Å². The second kappa shape index (κ2) is 9.49. The number of nitrogens with one attached hydrogen (secondary N) is 1. The maximum absolute atomic E-state index is 12.9. The van der Waals surface area contributed by atoms with Crippen LogP contribution < -0.4 is 5.32 Å². The van der Waals surface area contributed by atoms with E-state index in [-0.39, 0.29) is 41.1 Å². The van der Waals surface area contributed by atoms with E-state index >= 15 is 0 Å². The van der Waals surface area contributed by atoms with Crippen LogP contribution in [0, 0.1) is 17.8 Å². The normalized spacial score (nSPS) is 25.8. The maximum atomic E-state index is 12.9. The number of hydrogen-bond donors (Lipinski definition) is 1. The van der Waals surface area contributed by atoms with Crippen molar-refractivity contribution >= 4 is 29.4 Å². The monoisotopic (exact) mass is 430 g/mol. The Kier molecular flexibility index (Phi) is 6.97. The Morgan fingerprint density at radius 3 is 2.19 bits per heavy atom. The largest absolute Gasteiger partial charge is 0.465 e. The summed E-state index contributed by atoms with van der Waals surface area (Å²) < 4.78 is 9.45. The van der Waals surface area contributed by atoms with Crippen LogP contribution in [0.5, 0.6) is 0 Å². The van der Waals surface area contributed by atoms with Gasteiger partial charge in [0.2, 0.25) is 11.8 Å². The summed E-state index contributed by atoms with van der Waals surface area (Å²) in [4.78, 5) is 51.4. The van der Waals surface area contributed by atoms with Crippen LogP contribution in [0.2, 0.25) is 0 Å². The molecule has 1 N–H and O–H groups in total. The molecule has 0 spiro atoms. The minimum atomic E-state index is -0.635. The van der Waals surface area contributed by atoms with E-state index in [0.29, 0.717) is 18.4 Å². The molecule has 8 heteroatoms. The number of hydrogen-bond acceptors (Lipinski definition) is 6. The van der Waals surface area contributed by atoms with Gasteiger partial charge in [-0.25, -0.2) is 9.59 Å². The van der Waals surface area contributed by atoms with Crippen LogP contribution in [0.15, 0.2) is 18.2 Å². The first-order valence-electron chi connectivity index (χ1n) is 10.7. The first-order chi connectivity index (χ1) is 14.7. The molecule has 0 aromatic heterocycles. The fourth-order valence-electron chi connectivity index (χ4n) is 4.64. The van der Waals surface area contributed by atoms with Crippen LogP contribution in [-0.2, 0) is 19.1 Å². The molecule has 1 aliphatic carbocycles. The van der Waals surface area contributed by atoms with Crippen LogP contribution >= 0.6 is 0 Å². The van der Waals surface area contributed by atoms with Crippen LogP contribution in [0.3, 0.4) is 0 Å². The number of likely N-dealkylation sites (tertiary alicyclic amines) is 1. The van der Waals surface area contributed by atoms with Crippen molar-refractivity contribution < 1.29 is 28.7 Å². The zero-order valence-corrected chi connectivity index (χ0v) is 18.5. The lowest BCUT2D eigenvalue weighted by atomic mass is 9.77. The van der Waals surface area contributed by atoms with Gasteiger partial charge in [-0.3, -0.25) is 9.59 Å². The van der Waals surface area contributed by atoms with Gasteiger partial charge >= 0.3 is 11.9 Å². The number of carbonyl (C=O) groups excluding carboxylic acids is 4. The number of anilines is 1. The topological polar surface area (TPSA) is 102 Å². The van der Waals surface area contributed by atoms with E-state index in [1.165, 1.54) is 38.8 Å². The van der Waals surface area contributed by atoms with Crippen LogP contribution in [0.4, 0.5) is 5.69 Å². The highest BCUT2D eigenvalue weighted by Crippen LogP contribution is 2.36. The van der Waals surface area contributed by atoms with Gasteiger partial charge in [0.1, 0.15) is 0 Å². The Labute approximate surface area is 182 Å². The Hall–Kier alpha value is -2.90. The lowest BCUT2D eigenvalue weighted by molar-refractivity contribution is -0.131. The summed E-state index contributed by atoms with van der Waals surface area (Å²) in [5, 5.41) is 2.75. The molecule has 2 fully saturated rings. The molecule has 0 bridgehead atoms. The van der Waals surface area contributed by atoms with E-state index in [9.17, 15) is 19.2 Å². The van der Waals surface area contributed by atoms with Gasteiger partial charge in [0, 0.05) is 24.7 Å². The summed E-state index contributed by atoms with van der Waals surface area (Å²) in [6.07, 6.45) is 3.38. The number of ether oxygens (including phenoxy) is 2. The van der Waals surface area contributed by atoms with E-state index in [0.717, 1.165) is 12.8 Å². The molecule has 2 aliphatic rings. The summed E-state index contributed by atoms with van der Waals surface area (Å²) in [7, 11) is 2.47. The number of nitrogens with zero attached hydrogens (tertiary/aromatic N) is 1. The minimum absolute atomic E-state index is 0.00432. The second-order valence-corrected chi connectivity index (χ2v) is 8.55. The lowest BCUT2D eigenvalue weighted by Gasteiger charge is -2.40. The Bertz CT molecular complexity index is 849. The van der Waals surface area contributed by atoms with Crippen molar-refractivity contribution in [1.29, 1.82) is 0 Å². The fraction of sp³-hybridized carbons (Fsp3) is 0.565. The predicted molar refractivity (Wildman–Crippen MR) is 114 cm³/mol. The van der Waals surface area contributed by atoms with E-state index in [1.54, 1.807) is 0 Å². The molecule has 8 nitrogen and oxygen atoms in total. The van der Waals surface area contributed by atoms with E-state index in [4.69, 9.17) is 9.47 Å². The Balaban J connectivity index is 1.75. The highest BCUT2D eigenvalue weighted by atomic mass is 16.5. The molecule has 1 aromatic carbocycles. The quantitative estimate of drug-likeness (QED) is 0.721. The summed E-state index contributed by atoms with van der Waals surface area (Å²) >= 11 is 0. The third kappa shape index (κ3) is 4.89. The first kappa shape index (κ1) is 22.8. The van der Waals surface area contributed by atoms with Gasteiger partial charge in [0.05, 0.1) is 31.3 Å². The lowest BCUT2D eigenvalue weighted by Crippen LogP contribution is -2.45. The highest BCUT2D eigenvalue weighted by molar-refractivity contribution is 6.01. The third-order valence-electron chi connectivity index (χ3n) is 6.64. The second-order valence-electron chi connectivity index (χ2n) is 8.55. The minimum Gasteiger partial charge on any atom is -0.465 e. The highest BCUT2D eigenvalue weighted by Gasteiger charge is 2.41. The van der Waals surface area contributed by atoms with Crippen molar-refractivity contribution in [3.05, 3.63) is 29.3 Å². The molecule has 1 aliphatic heterocycles. The molecule has 1 saturated carbocycles. The standard InChI is InChI=1S/C23H30N2O6/c1-13-6-5-7-19(14(13)2)25-12-17(11-20(25)26)21(27)24-18-9-15(22(28)30-3)8-16(10-18)23(29)31-4/h8-10,13-14,17,19H,5-7,11-12H2,1-4H3,(H,24,27)/t13-,14+,17-,19-/m1/s1. The van der Waals surface area contributed by atoms with Crippen LogP contribution in [0.1, 0.15) is 60.2 Å². The molecule has 0 radical (unpaired) electrons. The molecular formula is C23H30N2O6. The van der Waals surface area contributed by atoms with Gasteiger partial charge in [-0.2, -0.15) is 0 Å². The van der Waals surface area contributed by atoms with E-state index in [2.05, 4.69) is 19.2 Å². The molecule has 4 atom stereocenters. The molecular weight excluding hydrogens is 400 g/mol. The SMILES string of the molecule is COC(=O)c1cc(NC(=O)[C@@H]2CC(=O)N([C@@H]3CCC[C@@H](C)[C@@H]3C)C2)cc(C(=O)OC)c1. The third-order valence-corrected chi connectivity index (χ3v) is 6.64. The van der Waals surface area contributed by atoms with E-state index < -0.39 is 17.9 Å². The number of esters is 2. The number of carbonyl (C=O) groups is 4. The average molecular weight is 431 g/mol. The number of amides is 2. The molecule has 1 saturated heterocycles. The number of methoxy groups -OCH3 is 2. The molecule has 3 rings (SSSR count). The van der Waals surface area contributed by atoms with Gasteiger partial charge < -0.3 is 19.7 Å². The van der Waals surface area contributed by atoms with Gasteiger partial charge in [-0.05, 0) is 36.5 Å². The van der Waals surface area contributed by atoms with Crippen molar-refractivity contribution in [2.24, 2.45) is 17.8 Å².